The molecule has 3 aromatic carbocycles. The van der Waals surface area contributed by atoms with E-state index < -0.39 is 12.0 Å². The maximum Gasteiger partial charge on any atom is 0.320 e. The molecular formula is C32H40N2O5. The van der Waals surface area contributed by atoms with Gasteiger partial charge in [0.25, 0.3) is 0 Å². The summed E-state index contributed by atoms with van der Waals surface area (Å²) in [5, 5.41) is 12.0. The molecule has 39 heavy (non-hydrogen) atoms. The normalized spacial score (nSPS) is 11.6. The first kappa shape index (κ1) is 29.7. The number of aliphatic carboxylic acids is 1. The number of amides is 1. The van der Waals surface area contributed by atoms with Gasteiger partial charge >= 0.3 is 5.97 Å². The van der Waals surface area contributed by atoms with Crippen molar-refractivity contribution in [2.24, 2.45) is 5.73 Å². The summed E-state index contributed by atoms with van der Waals surface area (Å²) in [4.78, 5) is 23.1. The molecule has 3 aromatic rings. The lowest BCUT2D eigenvalue weighted by molar-refractivity contribution is -0.138. The number of aryl methyl sites for hydroxylation is 2. The van der Waals surface area contributed by atoms with Crippen LogP contribution in [-0.4, -0.2) is 43.3 Å². The van der Waals surface area contributed by atoms with Crippen LogP contribution in [0.3, 0.4) is 0 Å². The molecule has 0 saturated carbocycles. The van der Waals surface area contributed by atoms with Crippen LogP contribution in [0.1, 0.15) is 49.3 Å². The van der Waals surface area contributed by atoms with Gasteiger partial charge in [0.05, 0.1) is 13.7 Å². The minimum atomic E-state index is -0.996. The number of benzene rings is 3. The Balaban J connectivity index is 1.35. The third-order valence-corrected chi connectivity index (χ3v) is 6.69. The highest BCUT2D eigenvalue weighted by Crippen LogP contribution is 2.28. The Bertz CT molecular complexity index is 1190. The second kappa shape index (κ2) is 15.5. The number of ether oxygens (including phenoxy) is 2. The van der Waals surface area contributed by atoms with E-state index in [1.807, 2.05) is 54.6 Å². The Labute approximate surface area is 231 Å². The third-order valence-electron chi connectivity index (χ3n) is 6.69. The van der Waals surface area contributed by atoms with Gasteiger partial charge in [-0.05, 0) is 90.6 Å². The smallest absolute Gasteiger partial charge is 0.320 e. The molecule has 0 fully saturated rings. The predicted octanol–water partition coefficient (Wildman–Crippen LogP) is 5.18. The first-order chi connectivity index (χ1) is 18.9. The van der Waals surface area contributed by atoms with Crippen LogP contribution in [0.5, 0.6) is 11.5 Å². The molecule has 0 radical (unpaired) electrons. The summed E-state index contributed by atoms with van der Waals surface area (Å²) < 4.78 is 11.1. The van der Waals surface area contributed by atoms with E-state index in [1.54, 1.807) is 7.11 Å². The lowest BCUT2D eigenvalue weighted by Gasteiger charge is -2.13. The van der Waals surface area contributed by atoms with Crippen molar-refractivity contribution < 1.29 is 24.2 Å². The quantitative estimate of drug-likeness (QED) is 0.219. The average Bonchev–Trinajstić information content (AvgIpc) is 2.95. The maximum absolute atomic E-state index is 12.1. The molecule has 0 heterocycles. The van der Waals surface area contributed by atoms with E-state index in [0.717, 1.165) is 60.3 Å². The highest BCUT2D eigenvalue weighted by atomic mass is 16.5. The van der Waals surface area contributed by atoms with Crippen molar-refractivity contribution in [2.45, 2.75) is 57.9 Å². The molecule has 208 valence electrons. The van der Waals surface area contributed by atoms with Crippen molar-refractivity contribution >= 4 is 11.9 Å². The number of hydrogen-bond donors (Lipinski definition) is 3. The van der Waals surface area contributed by atoms with Gasteiger partial charge < -0.3 is 25.6 Å². The summed E-state index contributed by atoms with van der Waals surface area (Å²) in [6, 6.07) is 21.1. The summed E-state index contributed by atoms with van der Waals surface area (Å²) in [5.74, 6) is 0.768. The number of hydrogen-bond acceptors (Lipinski definition) is 5. The van der Waals surface area contributed by atoms with Crippen molar-refractivity contribution in [1.29, 1.82) is 0 Å². The first-order valence-electron chi connectivity index (χ1n) is 13.6. The van der Waals surface area contributed by atoms with Crippen LogP contribution in [0.25, 0.3) is 11.1 Å². The number of carboxylic acids is 1. The topological polar surface area (TPSA) is 111 Å². The monoisotopic (exact) mass is 532 g/mol. The second-order valence-electron chi connectivity index (χ2n) is 9.63. The van der Waals surface area contributed by atoms with E-state index in [9.17, 15) is 9.59 Å². The van der Waals surface area contributed by atoms with Gasteiger partial charge in [-0.3, -0.25) is 9.59 Å². The van der Waals surface area contributed by atoms with Crippen LogP contribution in [-0.2, 0) is 28.9 Å². The van der Waals surface area contributed by atoms with E-state index in [2.05, 4.69) is 24.4 Å². The fourth-order valence-electron chi connectivity index (χ4n) is 4.37. The Morgan fingerprint density at radius 1 is 0.923 bits per heavy atom. The molecule has 0 bridgehead atoms. The molecule has 0 spiro atoms. The zero-order valence-electron chi connectivity index (χ0n) is 22.9. The van der Waals surface area contributed by atoms with Crippen molar-refractivity contribution in [3.8, 4) is 22.6 Å². The fraction of sp³-hybridized carbons (Fsp3) is 0.375. The standard InChI is InChI=1S/C32H40N2O5/c1-3-25-22-28(17-18-29(25)26-13-9-24(10-14-26)21-30(33)32(36)37)39-20-5-4-19-34-31(35)8-6-7-23-11-15-27(38-2)16-12-23/h9-18,22,30H,3-8,19-21,33H2,1-2H3,(H,34,35)(H,36,37)/t30-/m0/s1. The summed E-state index contributed by atoms with van der Waals surface area (Å²) in [5.41, 5.74) is 11.1. The van der Waals surface area contributed by atoms with Crippen LogP contribution in [0.15, 0.2) is 66.7 Å². The van der Waals surface area contributed by atoms with Gasteiger partial charge in [0.1, 0.15) is 17.5 Å². The fourth-order valence-corrected chi connectivity index (χ4v) is 4.37. The van der Waals surface area contributed by atoms with Crippen LogP contribution >= 0.6 is 0 Å². The molecule has 0 aliphatic heterocycles. The van der Waals surface area contributed by atoms with Gasteiger partial charge in [0.2, 0.25) is 5.91 Å². The Morgan fingerprint density at radius 3 is 2.28 bits per heavy atom. The zero-order chi connectivity index (χ0) is 28.0. The van der Waals surface area contributed by atoms with Gasteiger partial charge in [-0.15, -0.1) is 0 Å². The van der Waals surface area contributed by atoms with E-state index in [-0.39, 0.29) is 5.91 Å². The predicted molar refractivity (Wildman–Crippen MR) is 154 cm³/mol. The molecule has 0 saturated heterocycles. The zero-order valence-corrected chi connectivity index (χ0v) is 22.9. The molecule has 4 N–H and O–H groups in total. The van der Waals surface area contributed by atoms with Crippen molar-refractivity contribution in [2.75, 3.05) is 20.3 Å². The number of nitrogens with two attached hydrogens (primary N) is 1. The van der Waals surface area contributed by atoms with Crippen LogP contribution in [0.4, 0.5) is 0 Å². The summed E-state index contributed by atoms with van der Waals surface area (Å²) in [6.45, 7) is 3.36. The molecule has 1 amide bonds. The molecule has 7 heteroatoms. The molecule has 0 aliphatic carbocycles. The lowest BCUT2D eigenvalue weighted by atomic mass is 9.96. The summed E-state index contributed by atoms with van der Waals surface area (Å²) in [7, 11) is 1.65. The molecular weight excluding hydrogens is 492 g/mol. The largest absolute Gasteiger partial charge is 0.497 e. The van der Waals surface area contributed by atoms with Crippen LogP contribution in [0, 0.1) is 0 Å². The molecule has 1 atom stereocenters. The third kappa shape index (κ3) is 9.76. The highest BCUT2D eigenvalue weighted by Gasteiger charge is 2.12. The average molecular weight is 533 g/mol. The van der Waals surface area contributed by atoms with Gasteiger partial charge in [-0.25, -0.2) is 0 Å². The Kier molecular flexibility index (Phi) is 11.8. The summed E-state index contributed by atoms with van der Waals surface area (Å²) in [6.07, 6.45) is 5.10. The second-order valence-corrected chi connectivity index (χ2v) is 9.63. The number of methoxy groups -OCH3 is 1. The van der Waals surface area contributed by atoms with E-state index in [0.29, 0.717) is 26.0 Å². The Morgan fingerprint density at radius 2 is 1.62 bits per heavy atom. The van der Waals surface area contributed by atoms with Gasteiger partial charge in [-0.1, -0.05) is 49.4 Å². The molecule has 3 rings (SSSR count). The summed E-state index contributed by atoms with van der Waals surface area (Å²) >= 11 is 0. The van der Waals surface area contributed by atoms with Gasteiger partial charge in [0.15, 0.2) is 0 Å². The van der Waals surface area contributed by atoms with E-state index in [1.165, 1.54) is 11.1 Å². The minimum absolute atomic E-state index is 0.0883. The number of nitrogens with one attached hydrogen (secondary N) is 1. The number of carbonyl (C=O) groups excluding carboxylic acids is 1. The van der Waals surface area contributed by atoms with Gasteiger partial charge in [-0.2, -0.15) is 0 Å². The molecule has 7 nitrogen and oxygen atoms in total. The van der Waals surface area contributed by atoms with E-state index >= 15 is 0 Å². The molecule has 0 unspecified atom stereocenters. The minimum Gasteiger partial charge on any atom is -0.497 e. The van der Waals surface area contributed by atoms with E-state index in [4.69, 9.17) is 20.3 Å². The number of unbranched alkanes of at least 4 members (excludes halogenated alkanes) is 1. The number of carbonyl (C=O) groups is 2. The van der Waals surface area contributed by atoms with Crippen molar-refractivity contribution in [1.82, 2.24) is 5.32 Å². The lowest BCUT2D eigenvalue weighted by Crippen LogP contribution is -2.32. The molecule has 0 aliphatic rings. The van der Waals surface area contributed by atoms with Crippen molar-refractivity contribution in [3.63, 3.8) is 0 Å². The number of carboxylic acid groups (broad SMARTS) is 1. The van der Waals surface area contributed by atoms with Gasteiger partial charge in [0, 0.05) is 13.0 Å². The van der Waals surface area contributed by atoms with Crippen LogP contribution in [0.2, 0.25) is 0 Å². The Hall–Kier alpha value is -3.84. The number of rotatable bonds is 16. The highest BCUT2D eigenvalue weighted by molar-refractivity contribution is 5.75. The van der Waals surface area contributed by atoms with Crippen molar-refractivity contribution in [3.05, 3.63) is 83.4 Å². The SMILES string of the molecule is CCc1cc(OCCCCNC(=O)CCCc2ccc(OC)cc2)ccc1-c1ccc(C[C@H](N)C(=O)O)cc1. The first-order valence-corrected chi connectivity index (χ1v) is 13.6. The van der Waals surface area contributed by atoms with Crippen LogP contribution < -0.4 is 20.5 Å². The molecule has 0 aromatic heterocycles. The maximum atomic E-state index is 12.1.